The summed E-state index contributed by atoms with van der Waals surface area (Å²) in [6, 6.07) is 5.39. The van der Waals surface area contributed by atoms with E-state index in [9.17, 15) is 9.59 Å². The molecule has 2 amide bonds. The lowest BCUT2D eigenvalue weighted by Crippen LogP contribution is -2.46. The van der Waals surface area contributed by atoms with Crippen LogP contribution in [0.2, 0.25) is 0 Å². The third-order valence-electron chi connectivity index (χ3n) is 6.59. The van der Waals surface area contributed by atoms with Crippen molar-refractivity contribution in [2.24, 2.45) is 17.8 Å². The molecule has 0 radical (unpaired) electrons. The average Bonchev–Trinajstić information content (AvgIpc) is 2.78. The first-order valence-electron chi connectivity index (χ1n) is 11.8. The Kier molecular flexibility index (Phi) is 8.22. The van der Waals surface area contributed by atoms with E-state index in [4.69, 9.17) is 9.47 Å². The van der Waals surface area contributed by atoms with Gasteiger partial charge in [0.05, 0.1) is 13.7 Å². The third kappa shape index (κ3) is 6.14. The molecule has 0 unspecified atom stereocenters. The monoisotopic (exact) mass is 430 g/mol. The number of piperidine rings is 2. The van der Waals surface area contributed by atoms with Crippen LogP contribution in [0.4, 0.5) is 0 Å². The first-order chi connectivity index (χ1) is 14.9. The van der Waals surface area contributed by atoms with Crippen molar-refractivity contribution in [3.05, 3.63) is 23.8 Å². The topological polar surface area (TPSA) is 59.1 Å². The summed E-state index contributed by atoms with van der Waals surface area (Å²) in [4.78, 5) is 29.8. The molecule has 0 aromatic heterocycles. The van der Waals surface area contributed by atoms with Gasteiger partial charge in [0.1, 0.15) is 0 Å². The number of amides is 2. The summed E-state index contributed by atoms with van der Waals surface area (Å²) in [5.74, 6) is 2.85. The Morgan fingerprint density at radius 1 is 1.00 bits per heavy atom. The Hall–Kier alpha value is -2.24. The zero-order chi connectivity index (χ0) is 22.4. The molecule has 6 heteroatoms. The number of nitrogens with zero attached hydrogens (tertiary/aromatic N) is 2. The second-order valence-corrected chi connectivity index (χ2v) is 9.47. The van der Waals surface area contributed by atoms with E-state index in [1.807, 2.05) is 21.9 Å². The van der Waals surface area contributed by atoms with Gasteiger partial charge in [0, 0.05) is 37.7 Å². The highest BCUT2D eigenvalue weighted by Gasteiger charge is 2.32. The van der Waals surface area contributed by atoms with Crippen molar-refractivity contribution in [1.82, 2.24) is 9.80 Å². The number of methoxy groups -OCH3 is 1. The van der Waals surface area contributed by atoms with Crippen molar-refractivity contribution in [3.8, 4) is 11.5 Å². The van der Waals surface area contributed by atoms with Crippen LogP contribution in [0.15, 0.2) is 18.2 Å². The molecule has 6 nitrogen and oxygen atoms in total. The lowest BCUT2D eigenvalue weighted by atomic mass is 9.92. The van der Waals surface area contributed by atoms with E-state index in [0.29, 0.717) is 48.6 Å². The Labute approximate surface area is 186 Å². The number of carbonyl (C=O) groups is 2. The first-order valence-corrected chi connectivity index (χ1v) is 11.8. The van der Waals surface area contributed by atoms with Crippen molar-refractivity contribution in [1.29, 1.82) is 0 Å². The van der Waals surface area contributed by atoms with Crippen molar-refractivity contribution in [2.45, 2.75) is 52.9 Å². The molecule has 1 aromatic rings. The van der Waals surface area contributed by atoms with Gasteiger partial charge in [-0.15, -0.1) is 0 Å². The van der Waals surface area contributed by atoms with Gasteiger partial charge in [-0.2, -0.15) is 0 Å². The van der Waals surface area contributed by atoms with Crippen LogP contribution < -0.4 is 9.47 Å². The van der Waals surface area contributed by atoms with Crippen LogP contribution in [-0.2, 0) is 4.79 Å². The Bertz CT molecular complexity index is 748. The number of ether oxygens (including phenoxy) is 2. The second-order valence-electron chi connectivity index (χ2n) is 9.47. The molecule has 172 valence electrons. The first kappa shape index (κ1) is 23.4. The normalized spacial score (nSPS) is 18.4. The van der Waals surface area contributed by atoms with Gasteiger partial charge in [0.15, 0.2) is 11.5 Å². The zero-order valence-electron chi connectivity index (χ0n) is 19.6. The van der Waals surface area contributed by atoms with Gasteiger partial charge in [0.25, 0.3) is 5.91 Å². The number of hydrogen-bond donors (Lipinski definition) is 0. The van der Waals surface area contributed by atoms with E-state index in [2.05, 4.69) is 20.8 Å². The quantitative estimate of drug-likeness (QED) is 0.650. The summed E-state index contributed by atoms with van der Waals surface area (Å²) in [6.45, 7) is 10.2. The lowest BCUT2D eigenvalue weighted by Gasteiger charge is -2.36. The van der Waals surface area contributed by atoms with Crippen LogP contribution in [0.25, 0.3) is 0 Å². The summed E-state index contributed by atoms with van der Waals surface area (Å²) in [5.41, 5.74) is 0.600. The maximum Gasteiger partial charge on any atom is 0.253 e. The molecule has 2 aliphatic heterocycles. The standard InChI is InChI=1S/C25H38N2O4/c1-18(2)11-16-31-22-6-5-21(17-23(22)30-4)25(29)27-14-9-20(10-15-27)24(28)26-12-7-19(3)8-13-26/h5-6,17-20H,7-16H2,1-4H3. The van der Waals surface area contributed by atoms with E-state index in [1.54, 1.807) is 13.2 Å². The molecule has 2 saturated heterocycles. The molecular formula is C25H38N2O4. The molecule has 3 rings (SSSR count). The Balaban J connectivity index is 1.54. The highest BCUT2D eigenvalue weighted by Crippen LogP contribution is 2.30. The van der Waals surface area contributed by atoms with Crippen LogP contribution in [0.1, 0.15) is 63.2 Å². The fourth-order valence-corrected chi connectivity index (χ4v) is 4.32. The summed E-state index contributed by atoms with van der Waals surface area (Å²) in [5, 5.41) is 0. The molecule has 31 heavy (non-hydrogen) atoms. The number of rotatable bonds is 7. The Morgan fingerprint density at radius 3 is 2.26 bits per heavy atom. The van der Waals surface area contributed by atoms with Crippen molar-refractivity contribution < 1.29 is 19.1 Å². The van der Waals surface area contributed by atoms with Gasteiger partial charge < -0.3 is 19.3 Å². The van der Waals surface area contributed by atoms with Gasteiger partial charge in [-0.1, -0.05) is 20.8 Å². The van der Waals surface area contributed by atoms with Crippen LogP contribution >= 0.6 is 0 Å². The molecule has 1 aromatic carbocycles. The van der Waals surface area contributed by atoms with E-state index in [1.165, 1.54) is 0 Å². The number of carbonyl (C=O) groups excluding carboxylic acids is 2. The predicted octanol–water partition coefficient (Wildman–Crippen LogP) is 4.23. The second kappa shape index (κ2) is 10.9. The van der Waals surface area contributed by atoms with Gasteiger partial charge in [-0.3, -0.25) is 9.59 Å². The molecule has 0 bridgehead atoms. The molecule has 2 heterocycles. The molecule has 0 spiro atoms. The van der Waals surface area contributed by atoms with Crippen molar-refractivity contribution in [3.63, 3.8) is 0 Å². The lowest BCUT2D eigenvalue weighted by molar-refractivity contribution is -0.138. The van der Waals surface area contributed by atoms with Crippen LogP contribution in [0, 0.1) is 17.8 Å². The minimum absolute atomic E-state index is 0.00951. The minimum Gasteiger partial charge on any atom is -0.493 e. The van der Waals surface area contributed by atoms with E-state index in [0.717, 1.165) is 45.2 Å². The molecule has 2 aliphatic rings. The SMILES string of the molecule is COc1cc(C(=O)N2CCC(C(=O)N3CCC(C)CC3)CC2)ccc1OCCC(C)C. The zero-order valence-corrected chi connectivity index (χ0v) is 19.6. The van der Waals surface area contributed by atoms with Crippen LogP contribution in [0.3, 0.4) is 0 Å². The molecule has 2 fully saturated rings. The molecule has 0 atom stereocenters. The molecule has 0 N–H and O–H groups in total. The van der Waals surface area contributed by atoms with E-state index < -0.39 is 0 Å². The molecule has 0 saturated carbocycles. The van der Waals surface area contributed by atoms with Crippen molar-refractivity contribution in [2.75, 3.05) is 39.9 Å². The number of hydrogen-bond acceptors (Lipinski definition) is 4. The van der Waals surface area contributed by atoms with E-state index >= 15 is 0 Å². The molecule has 0 aliphatic carbocycles. The summed E-state index contributed by atoms with van der Waals surface area (Å²) in [6.07, 6.45) is 4.65. The smallest absolute Gasteiger partial charge is 0.253 e. The number of benzene rings is 1. The minimum atomic E-state index is -0.00951. The summed E-state index contributed by atoms with van der Waals surface area (Å²) < 4.78 is 11.3. The third-order valence-corrected chi connectivity index (χ3v) is 6.59. The highest BCUT2D eigenvalue weighted by atomic mass is 16.5. The maximum atomic E-state index is 13.0. The molecular weight excluding hydrogens is 392 g/mol. The Morgan fingerprint density at radius 2 is 1.65 bits per heavy atom. The maximum absolute atomic E-state index is 13.0. The van der Waals surface area contributed by atoms with Gasteiger partial charge in [-0.25, -0.2) is 0 Å². The van der Waals surface area contributed by atoms with Crippen LogP contribution in [0.5, 0.6) is 11.5 Å². The number of likely N-dealkylation sites (tertiary alicyclic amines) is 2. The van der Waals surface area contributed by atoms with Crippen LogP contribution in [-0.4, -0.2) is 61.5 Å². The largest absolute Gasteiger partial charge is 0.493 e. The fraction of sp³-hybridized carbons (Fsp3) is 0.680. The van der Waals surface area contributed by atoms with E-state index in [-0.39, 0.29) is 17.7 Å². The summed E-state index contributed by atoms with van der Waals surface area (Å²) in [7, 11) is 1.59. The average molecular weight is 431 g/mol. The highest BCUT2D eigenvalue weighted by molar-refractivity contribution is 5.95. The fourth-order valence-electron chi connectivity index (χ4n) is 4.32. The summed E-state index contributed by atoms with van der Waals surface area (Å²) >= 11 is 0. The predicted molar refractivity (Wildman–Crippen MR) is 122 cm³/mol. The van der Waals surface area contributed by atoms with Gasteiger partial charge in [0.2, 0.25) is 5.91 Å². The van der Waals surface area contributed by atoms with Gasteiger partial charge >= 0.3 is 0 Å². The van der Waals surface area contributed by atoms with Crippen molar-refractivity contribution >= 4 is 11.8 Å². The van der Waals surface area contributed by atoms with Gasteiger partial charge in [-0.05, 0) is 62.1 Å².